The number of carbonyl (C=O) groups is 2. The number of hydrogen-bond acceptors (Lipinski definition) is 10. The molecule has 1 spiro atoms. The Hall–Kier alpha value is -1.98. The van der Waals surface area contributed by atoms with Crippen molar-refractivity contribution in [2.24, 2.45) is 34.0 Å². The van der Waals surface area contributed by atoms with Crippen molar-refractivity contribution in [2.75, 3.05) is 7.11 Å². The van der Waals surface area contributed by atoms with Gasteiger partial charge in [-0.25, -0.2) is 4.79 Å². The number of furan rings is 1. The summed E-state index contributed by atoms with van der Waals surface area (Å²) < 4.78 is 22.8. The van der Waals surface area contributed by atoms with E-state index in [1.165, 1.54) is 19.6 Å². The molecule has 4 N–H and O–H groups in total. The van der Waals surface area contributed by atoms with Crippen LogP contribution in [0.2, 0.25) is 0 Å². The van der Waals surface area contributed by atoms with Gasteiger partial charge in [0, 0.05) is 33.6 Å². The lowest BCUT2D eigenvalue weighted by Gasteiger charge is -2.63. The monoisotopic (exact) mass is 518 g/mol. The summed E-state index contributed by atoms with van der Waals surface area (Å²) in [6, 6.07) is 1.72. The van der Waals surface area contributed by atoms with E-state index in [0.717, 1.165) is 0 Å². The van der Waals surface area contributed by atoms with E-state index in [-0.39, 0.29) is 12.8 Å². The minimum Gasteiger partial charge on any atom is -0.472 e. The molecule has 7 rings (SSSR count). The zero-order chi connectivity index (χ0) is 26.6. The fraction of sp³-hybridized carbons (Fsp3) is 0.778. The van der Waals surface area contributed by atoms with E-state index in [1.54, 1.807) is 13.0 Å². The van der Waals surface area contributed by atoms with Crippen LogP contribution in [0, 0.1) is 34.0 Å². The number of aliphatic hydroxyl groups excluding tert-OH is 2. The minimum absolute atomic E-state index is 0.0716. The molecule has 37 heavy (non-hydrogen) atoms. The molecule has 2 aliphatic heterocycles. The summed E-state index contributed by atoms with van der Waals surface area (Å²) in [6.45, 7) is 5.51. The predicted molar refractivity (Wildman–Crippen MR) is 122 cm³/mol. The zero-order valence-corrected chi connectivity index (χ0v) is 21.3. The molecule has 4 aliphatic carbocycles. The van der Waals surface area contributed by atoms with E-state index in [0.29, 0.717) is 18.4 Å². The first-order valence-corrected chi connectivity index (χ1v) is 13.1. The largest absolute Gasteiger partial charge is 0.472 e. The van der Waals surface area contributed by atoms with Crippen LogP contribution in [-0.4, -0.2) is 74.6 Å². The van der Waals surface area contributed by atoms with E-state index in [2.05, 4.69) is 0 Å². The van der Waals surface area contributed by atoms with Crippen LogP contribution >= 0.6 is 0 Å². The summed E-state index contributed by atoms with van der Waals surface area (Å²) in [5, 5.41) is 48.7. The SMILES string of the molecule is COC(=O)[C@@H](O)[C@H]1[C@@]2(C)C[C@]3(O)[C@@H]4[C@@H](O[C@]56CC(=O)O[C@@H](c7ccoc7)[C@]5(C)CCC([C@]13C)[C@]46O)[C@H]2O. The quantitative estimate of drug-likeness (QED) is 0.423. The number of methoxy groups -OCH3 is 1. The Labute approximate surface area is 213 Å². The number of esters is 2. The summed E-state index contributed by atoms with van der Waals surface area (Å²) in [5.74, 6) is -3.86. The first kappa shape index (κ1) is 24.1. The van der Waals surface area contributed by atoms with Crippen LogP contribution in [-0.2, 0) is 23.8 Å². The molecule has 2 bridgehead atoms. The van der Waals surface area contributed by atoms with Crippen LogP contribution in [0.3, 0.4) is 0 Å². The van der Waals surface area contributed by atoms with Crippen LogP contribution in [0.1, 0.15) is 58.1 Å². The summed E-state index contributed by atoms with van der Waals surface area (Å²) >= 11 is 0. The van der Waals surface area contributed by atoms with Crippen molar-refractivity contribution in [3.8, 4) is 0 Å². The Balaban J connectivity index is 1.49. The molecule has 0 radical (unpaired) electrons. The van der Waals surface area contributed by atoms with E-state index in [1.807, 2.05) is 13.8 Å². The summed E-state index contributed by atoms with van der Waals surface area (Å²) in [7, 11) is 1.19. The van der Waals surface area contributed by atoms with Crippen LogP contribution < -0.4 is 0 Å². The molecule has 13 atom stereocenters. The molecule has 1 aromatic heterocycles. The van der Waals surface area contributed by atoms with Gasteiger partial charge >= 0.3 is 11.9 Å². The van der Waals surface area contributed by atoms with E-state index in [4.69, 9.17) is 18.6 Å². The van der Waals surface area contributed by atoms with Crippen molar-refractivity contribution >= 4 is 11.9 Å². The molecule has 202 valence electrons. The van der Waals surface area contributed by atoms with Crippen LogP contribution in [0.5, 0.6) is 0 Å². The van der Waals surface area contributed by atoms with Gasteiger partial charge in [-0.1, -0.05) is 20.8 Å². The lowest BCUT2D eigenvalue weighted by Crippen LogP contribution is -2.72. The first-order chi connectivity index (χ1) is 17.3. The molecule has 3 heterocycles. The van der Waals surface area contributed by atoms with Gasteiger partial charge in [0.2, 0.25) is 0 Å². The van der Waals surface area contributed by atoms with Crippen LogP contribution in [0.4, 0.5) is 0 Å². The third-order valence-corrected chi connectivity index (χ3v) is 12.2. The van der Waals surface area contributed by atoms with Crippen molar-refractivity contribution in [3.63, 3.8) is 0 Å². The highest BCUT2D eigenvalue weighted by Gasteiger charge is 2.95. The van der Waals surface area contributed by atoms with Gasteiger partial charge in [-0.15, -0.1) is 0 Å². The zero-order valence-electron chi connectivity index (χ0n) is 21.3. The number of ether oxygens (including phenoxy) is 3. The van der Waals surface area contributed by atoms with Crippen molar-refractivity contribution < 1.29 is 48.6 Å². The van der Waals surface area contributed by atoms with Crippen LogP contribution in [0.15, 0.2) is 23.0 Å². The number of hydrogen-bond donors (Lipinski definition) is 4. The lowest BCUT2D eigenvalue weighted by atomic mass is 9.45. The molecule has 4 saturated carbocycles. The Bertz CT molecular complexity index is 1200. The van der Waals surface area contributed by atoms with Gasteiger partial charge in [-0.3, -0.25) is 4.79 Å². The molecule has 1 aromatic rings. The van der Waals surface area contributed by atoms with E-state index >= 15 is 0 Å². The van der Waals surface area contributed by atoms with Gasteiger partial charge in [-0.2, -0.15) is 0 Å². The summed E-state index contributed by atoms with van der Waals surface area (Å²) in [6.07, 6.45) is -0.866. The summed E-state index contributed by atoms with van der Waals surface area (Å²) in [5.41, 5.74) is -7.31. The standard InChI is InChI=1S/C27H34O10/c1-22-11-25(32)18-16(19(22)30)37-26-9-14(28)36-20(12-6-8-35-10-12)23(26,2)7-5-13(27(18,26)33)24(25,3)17(22)15(29)21(31)34-4/h6,8,10,13,15-20,29-30,32-33H,5,7,9,11H2,1-4H3/t13?,15-,16+,17-,18-,19+,20-,22+,23-,24+,25-,26+,27-/m0/s1. The van der Waals surface area contributed by atoms with E-state index in [9.17, 15) is 30.0 Å². The predicted octanol–water partition coefficient (Wildman–Crippen LogP) is 0.854. The Morgan fingerprint density at radius 3 is 2.62 bits per heavy atom. The minimum atomic E-state index is -1.73. The highest BCUT2D eigenvalue weighted by Crippen LogP contribution is 2.85. The van der Waals surface area contributed by atoms with Crippen molar-refractivity contribution in [3.05, 3.63) is 24.2 Å². The number of carbonyl (C=O) groups excluding carboxylic acids is 2. The van der Waals surface area contributed by atoms with Gasteiger partial charge in [0.25, 0.3) is 0 Å². The normalized spacial score (nSPS) is 57.6. The smallest absolute Gasteiger partial charge is 0.335 e. The third kappa shape index (κ3) is 2.13. The highest BCUT2D eigenvalue weighted by molar-refractivity contribution is 5.76. The molecule has 2 saturated heterocycles. The van der Waals surface area contributed by atoms with Gasteiger partial charge in [0.15, 0.2) is 6.10 Å². The molecule has 10 nitrogen and oxygen atoms in total. The third-order valence-electron chi connectivity index (χ3n) is 12.2. The van der Waals surface area contributed by atoms with Gasteiger partial charge < -0.3 is 39.1 Å². The number of aliphatic hydroxyl groups is 4. The molecule has 0 aromatic carbocycles. The maximum atomic E-state index is 13.2. The topological polar surface area (TPSA) is 156 Å². The average Bonchev–Trinajstić information content (AvgIpc) is 3.52. The van der Waals surface area contributed by atoms with Crippen molar-refractivity contribution in [2.45, 2.75) is 87.7 Å². The lowest BCUT2D eigenvalue weighted by molar-refractivity contribution is -0.298. The Morgan fingerprint density at radius 1 is 1.24 bits per heavy atom. The molecule has 6 aliphatic rings. The molecule has 6 fully saturated rings. The fourth-order valence-electron chi connectivity index (χ4n) is 11.0. The van der Waals surface area contributed by atoms with Crippen molar-refractivity contribution in [1.82, 2.24) is 0 Å². The maximum absolute atomic E-state index is 13.2. The first-order valence-electron chi connectivity index (χ1n) is 13.1. The van der Waals surface area contributed by atoms with Crippen LogP contribution in [0.25, 0.3) is 0 Å². The molecule has 1 unspecified atom stereocenters. The fourth-order valence-corrected chi connectivity index (χ4v) is 11.0. The highest BCUT2D eigenvalue weighted by atomic mass is 16.6. The van der Waals surface area contributed by atoms with Gasteiger partial charge in [0.1, 0.15) is 17.3 Å². The van der Waals surface area contributed by atoms with E-state index < -0.39 is 87.2 Å². The molecule has 10 heteroatoms. The second-order valence-corrected chi connectivity index (χ2v) is 13.1. The van der Waals surface area contributed by atoms with Gasteiger partial charge in [0.05, 0.1) is 43.9 Å². The van der Waals surface area contributed by atoms with Crippen molar-refractivity contribution in [1.29, 1.82) is 0 Å². The second-order valence-electron chi connectivity index (χ2n) is 13.1. The number of cyclic esters (lactones) is 1. The Morgan fingerprint density at radius 2 is 1.97 bits per heavy atom. The molecular formula is C27H34O10. The average molecular weight is 519 g/mol. The maximum Gasteiger partial charge on any atom is 0.335 e. The summed E-state index contributed by atoms with van der Waals surface area (Å²) in [4.78, 5) is 25.9. The Kier molecular flexibility index (Phi) is 4.29. The number of rotatable bonds is 3. The second kappa shape index (κ2) is 6.59. The van der Waals surface area contributed by atoms with Gasteiger partial charge in [-0.05, 0) is 31.2 Å². The molecule has 0 amide bonds. The number of fused-ring (bicyclic) bond motifs is 2. The molecular weight excluding hydrogens is 484 g/mol.